The fraction of sp³-hybridized carbons (Fsp3) is 0.500. The molecule has 5 rings (SSSR count). The zero-order chi connectivity index (χ0) is 19.6. The lowest BCUT2D eigenvalue weighted by Crippen LogP contribution is -2.37. The van der Waals surface area contributed by atoms with E-state index in [1.807, 2.05) is 29.1 Å². The number of benzene rings is 1. The standard InChI is InChI=1S/C20H24N6O3/c27-13-17-22-19(24-20(23-17)25-7-10-28-11-8-25)14-4-3-5-16-15(14)12-21-26(16)18-6-1-2-9-29-18/h3-5,12,18,27H,1-2,6-11,13H2. The first-order valence-electron chi connectivity index (χ1n) is 10.1. The number of aliphatic hydroxyl groups is 1. The second-order valence-corrected chi connectivity index (χ2v) is 7.28. The van der Waals surface area contributed by atoms with Crippen molar-refractivity contribution in [2.75, 3.05) is 37.8 Å². The number of nitrogens with zero attached hydrogens (tertiary/aromatic N) is 6. The van der Waals surface area contributed by atoms with Crippen molar-refractivity contribution in [1.82, 2.24) is 24.7 Å². The van der Waals surface area contributed by atoms with Crippen LogP contribution in [0.15, 0.2) is 24.4 Å². The quantitative estimate of drug-likeness (QED) is 0.714. The molecule has 9 heteroatoms. The number of anilines is 1. The maximum atomic E-state index is 9.69. The summed E-state index contributed by atoms with van der Waals surface area (Å²) >= 11 is 0. The van der Waals surface area contributed by atoms with Crippen LogP contribution in [0.25, 0.3) is 22.3 Å². The van der Waals surface area contributed by atoms with Crippen LogP contribution in [0.5, 0.6) is 0 Å². The van der Waals surface area contributed by atoms with E-state index in [9.17, 15) is 5.11 Å². The highest BCUT2D eigenvalue weighted by Gasteiger charge is 2.21. The first-order chi connectivity index (χ1) is 14.3. The molecule has 1 N–H and O–H groups in total. The Kier molecular flexibility index (Phi) is 5.09. The molecule has 1 unspecified atom stereocenters. The Bertz CT molecular complexity index is 995. The van der Waals surface area contributed by atoms with Crippen molar-refractivity contribution >= 4 is 16.9 Å². The molecule has 1 aromatic carbocycles. The molecule has 0 aliphatic carbocycles. The number of aliphatic hydroxyl groups excluding tert-OH is 1. The van der Waals surface area contributed by atoms with Gasteiger partial charge in [-0.3, -0.25) is 0 Å². The molecule has 2 saturated heterocycles. The van der Waals surface area contributed by atoms with Gasteiger partial charge in [0.05, 0.1) is 24.9 Å². The summed E-state index contributed by atoms with van der Waals surface area (Å²) in [6.45, 7) is 3.24. The van der Waals surface area contributed by atoms with E-state index in [1.54, 1.807) is 0 Å². The average Bonchev–Trinajstić information content (AvgIpc) is 3.24. The molecular formula is C20H24N6O3. The van der Waals surface area contributed by atoms with Crippen LogP contribution in [0.2, 0.25) is 0 Å². The molecule has 2 fully saturated rings. The largest absolute Gasteiger partial charge is 0.388 e. The molecule has 2 aromatic heterocycles. The number of aromatic nitrogens is 5. The first kappa shape index (κ1) is 18.4. The van der Waals surface area contributed by atoms with Crippen molar-refractivity contribution < 1.29 is 14.6 Å². The first-order valence-corrected chi connectivity index (χ1v) is 10.1. The maximum Gasteiger partial charge on any atom is 0.229 e. The van der Waals surface area contributed by atoms with Crippen LogP contribution in [0.3, 0.4) is 0 Å². The van der Waals surface area contributed by atoms with Crippen molar-refractivity contribution in [2.45, 2.75) is 32.1 Å². The summed E-state index contributed by atoms with van der Waals surface area (Å²) in [4.78, 5) is 15.7. The fourth-order valence-corrected chi connectivity index (χ4v) is 3.92. The SMILES string of the molecule is OCc1nc(-c2cccc3c2cnn3C2CCCCO2)nc(N2CCOCC2)n1. The van der Waals surface area contributed by atoms with Crippen LogP contribution < -0.4 is 4.90 Å². The highest BCUT2D eigenvalue weighted by atomic mass is 16.5. The Morgan fingerprint density at radius 2 is 1.97 bits per heavy atom. The van der Waals surface area contributed by atoms with Gasteiger partial charge in [-0.15, -0.1) is 0 Å². The molecule has 0 amide bonds. The fourth-order valence-electron chi connectivity index (χ4n) is 3.92. The molecule has 152 valence electrons. The predicted molar refractivity (Wildman–Crippen MR) is 106 cm³/mol. The van der Waals surface area contributed by atoms with E-state index in [0.29, 0.717) is 30.8 Å². The normalized spacial score (nSPS) is 20.3. The number of rotatable bonds is 4. The molecule has 4 heterocycles. The van der Waals surface area contributed by atoms with Crippen LogP contribution in [-0.4, -0.2) is 62.7 Å². The van der Waals surface area contributed by atoms with E-state index in [2.05, 4.69) is 20.0 Å². The monoisotopic (exact) mass is 396 g/mol. The van der Waals surface area contributed by atoms with Gasteiger partial charge in [0.1, 0.15) is 6.61 Å². The minimum atomic E-state index is -0.238. The molecule has 1 atom stereocenters. The molecule has 0 radical (unpaired) electrons. The summed E-state index contributed by atoms with van der Waals surface area (Å²) in [5.74, 6) is 1.47. The lowest BCUT2D eigenvalue weighted by atomic mass is 10.1. The predicted octanol–water partition coefficient (Wildman–Crippen LogP) is 1.92. The zero-order valence-electron chi connectivity index (χ0n) is 16.2. The van der Waals surface area contributed by atoms with Gasteiger partial charge in [0.2, 0.25) is 5.95 Å². The van der Waals surface area contributed by atoms with Crippen LogP contribution in [0.1, 0.15) is 31.3 Å². The van der Waals surface area contributed by atoms with Gasteiger partial charge in [-0.25, -0.2) is 9.67 Å². The van der Waals surface area contributed by atoms with E-state index >= 15 is 0 Å². The molecule has 0 spiro atoms. The molecule has 29 heavy (non-hydrogen) atoms. The smallest absolute Gasteiger partial charge is 0.229 e. The van der Waals surface area contributed by atoms with E-state index in [4.69, 9.17) is 14.5 Å². The van der Waals surface area contributed by atoms with Gasteiger partial charge in [-0.05, 0) is 25.3 Å². The minimum absolute atomic E-state index is 0.0354. The van der Waals surface area contributed by atoms with E-state index in [-0.39, 0.29) is 12.8 Å². The molecular weight excluding hydrogens is 372 g/mol. The van der Waals surface area contributed by atoms with E-state index in [0.717, 1.165) is 55.4 Å². The lowest BCUT2D eigenvalue weighted by molar-refractivity contribution is -0.0366. The van der Waals surface area contributed by atoms with E-state index < -0.39 is 0 Å². The maximum absolute atomic E-state index is 9.69. The Balaban J connectivity index is 1.57. The third kappa shape index (κ3) is 3.57. The van der Waals surface area contributed by atoms with Crippen molar-refractivity contribution in [3.63, 3.8) is 0 Å². The van der Waals surface area contributed by atoms with Gasteiger partial charge < -0.3 is 19.5 Å². The zero-order valence-corrected chi connectivity index (χ0v) is 16.2. The van der Waals surface area contributed by atoms with Gasteiger partial charge >= 0.3 is 0 Å². The third-order valence-electron chi connectivity index (χ3n) is 5.42. The molecule has 2 aliphatic heterocycles. The number of fused-ring (bicyclic) bond motifs is 1. The Morgan fingerprint density at radius 1 is 1.07 bits per heavy atom. The molecule has 3 aromatic rings. The molecule has 2 aliphatic rings. The third-order valence-corrected chi connectivity index (χ3v) is 5.42. The van der Waals surface area contributed by atoms with Crippen molar-refractivity contribution in [3.8, 4) is 11.4 Å². The van der Waals surface area contributed by atoms with Gasteiger partial charge in [-0.2, -0.15) is 15.1 Å². The average molecular weight is 396 g/mol. The summed E-state index contributed by atoms with van der Waals surface area (Å²) in [5, 5.41) is 15.3. The molecule has 0 saturated carbocycles. The van der Waals surface area contributed by atoms with Crippen molar-refractivity contribution in [3.05, 3.63) is 30.2 Å². The molecule has 9 nitrogen and oxygen atoms in total. The number of hydrogen-bond acceptors (Lipinski definition) is 8. The highest BCUT2D eigenvalue weighted by Crippen LogP contribution is 2.31. The second kappa shape index (κ2) is 8.02. The molecule has 0 bridgehead atoms. The number of hydrogen-bond donors (Lipinski definition) is 1. The Labute approximate surface area is 168 Å². The number of morpholine rings is 1. The Morgan fingerprint density at radius 3 is 2.76 bits per heavy atom. The van der Waals surface area contributed by atoms with Crippen LogP contribution in [-0.2, 0) is 16.1 Å². The summed E-state index contributed by atoms with van der Waals surface area (Å²) in [6.07, 6.45) is 5.01. The summed E-state index contributed by atoms with van der Waals surface area (Å²) in [6, 6.07) is 6.01. The van der Waals surface area contributed by atoms with Gasteiger partial charge in [0.25, 0.3) is 0 Å². The van der Waals surface area contributed by atoms with E-state index in [1.165, 1.54) is 0 Å². The summed E-state index contributed by atoms with van der Waals surface area (Å²) in [5.41, 5.74) is 1.87. The van der Waals surface area contributed by atoms with Crippen LogP contribution >= 0.6 is 0 Å². The Hall–Kier alpha value is -2.62. The summed E-state index contributed by atoms with van der Waals surface area (Å²) in [7, 11) is 0. The number of ether oxygens (including phenoxy) is 2. The van der Waals surface area contributed by atoms with Gasteiger partial charge in [0, 0.05) is 30.6 Å². The highest BCUT2D eigenvalue weighted by molar-refractivity contribution is 5.93. The summed E-state index contributed by atoms with van der Waals surface area (Å²) < 4.78 is 13.3. The second-order valence-electron chi connectivity index (χ2n) is 7.28. The lowest BCUT2D eigenvalue weighted by Gasteiger charge is -2.27. The topological polar surface area (TPSA) is 98.4 Å². The van der Waals surface area contributed by atoms with Gasteiger partial charge in [-0.1, -0.05) is 12.1 Å². The van der Waals surface area contributed by atoms with Crippen molar-refractivity contribution in [2.24, 2.45) is 0 Å². The van der Waals surface area contributed by atoms with Crippen LogP contribution in [0.4, 0.5) is 5.95 Å². The minimum Gasteiger partial charge on any atom is -0.388 e. The van der Waals surface area contributed by atoms with Gasteiger partial charge in [0.15, 0.2) is 17.9 Å². The van der Waals surface area contributed by atoms with Crippen molar-refractivity contribution in [1.29, 1.82) is 0 Å². The van der Waals surface area contributed by atoms with Crippen LogP contribution in [0, 0.1) is 0 Å².